The first-order valence-electron chi connectivity index (χ1n) is 4.43. The van der Waals surface area contributed by atoms with E-state index < -0.39 is 0 Å². The van der Waals surface area contributed by atoms with Gasteiger partial charge in [-0.2, -0.15) is 0 Å². The minimum Gasteiger partial charge on any atom is -0.468 e. The predicted octanol–water partition coefficient (Wildman–Crippen LogP) is 1.18. The monoisotopic (exact) mass is 173 g/mol. The summed E-state index contributed by atoms with van der Waals surface area (Å²) in [5, 5.41) is 3.14. The molecule has 0 saturated carbocycles. The highest BCUT2D eigenvalue weighted by atomic mass is 16.5. The average molecular weight is 173 g/mol. The van der Waals surface area contributed by atoms with Crippen LogP contribution in [0.15, 0.2) is 0 Å². The number of carbonyl (C=O) groups excluding carboxylic acids is 1. The molecule has 0 bridgehead atoms. The summed E-state index contributed by atoms with van der Waals surface area (Å²) in [6.07, 6.45) is 0.777. The summed E-state index contributed by atoms with van der Waals surface area (Å²) in [6.45, 7) is 7.04. The number of rotatable bonds is 5. The third kappa shape index (κ3) is 4.34. The van der Waals surface area contributed by atoms with Crippen molar-refractivity contribution < 1.29 is 9.53 Å². The lowest BCUT2D eigenvalue weighted by molar-refractivity contribution is -0.143. The maximum Gasteiger partial charge on any atom is 0.322 e. The van der Waals surface area contributed by atoms with E-state index in [1.807, 2.05) is 6.92 Å². The van der Waals surface area contributed by atoms with Gasteiger partial charge in [-0.3, -0.25) is 4.79 Å². The maximum atomic E-state index is 11.1. The van der Waals surface area contributed by atoms with Crippen LogP contribution >= 0.6 is 0 Å². The zero-order chi connectivity index (χ0) is 9.56. The van der Waals surface area contributed by atoms with Crippen LogP contribution in [0.2, 0.25) is 0 Å². The molecule has 1 unspecified atom stereocenters. The molecule has 0 spiro atoms. The van der Waals surface area contributed by atoms with Crippen molar-refractivity contribution in [3.63, 3.8) is 0 Å². The van der Waals surface area contributed by atoms with E-state index in [-0.39, 0.29) is 12.0 Å². The molecule has 0 aromatic carbocycles. The fourth-order valence-electron chi connectivity index (χ4n) is 0.915. The second kappa shape index (κ2) is 6.00. The number of carbonyl (C=O) groups is 1. The highest BCUT2D eigenvalue weighted by Crippen LogP contribution is 1.96. The number of esters is 1. The molecule has 12 heavy (non-hydrogen) atoms. The Labute approximate surface area is 74.5 Å². The first-order chi connectivity index (χ1) is 5.61. The van der Waals surface area contributed by atoms with E-state index in [2.05, 4.69) is 23.9 Å². The smallest absolute Gasteiger partial charge is 0.322 e. The predicted molar refractivity (Wildman–Crippen MR) is 48.9 cm³/mol. The van der Waals surface area contributed by atoms with Gasteiger partial charge >= 0.3 is 5.97 Å². The molecule has 1 atom stereocenters. The second-order valence-corrected chi connectivity index (χ2v) is 3.29. The molecule has 0 saturated heterocycles. The van der Waals surface area contributed by atoms with Gasteiger partial charge < -0.3 is 10.1 Å². The molecule has 0 aromatic rings. The van der Waals surface area contributed by atoms with Crippen molar-refractivity contribution in [1.29, 1.82) is 0 Å². The van der Waals surface area contributed by atoms with E-state index in [9.17, 15) is 4.79 Å². The molecule has 0 aliphatic heterocycles. The van der Waals surface area contributed by atoms with Crippen LogP contribution in [-0.2, 0) is 9.53 Å². The third-order valence-corrected chi connectivity index (χ3v) is 1.67. The molecule has 3 heteroatoms. The highest BCUT2D eigenvalue weighted by Gasteiger charge is 2.15. The minimum absolute atomic E-state index is 0.141. The van der Waals surface area contributed by atoms with Crippen molar-refractivity contribution in [2.45, 2.75) is 33.2 Å². The molecule has 1 N–H and O–H groups in total. The minimum atomic E-state index is -0.168. The number of ether oxygens (including phenoxy) is 1. The Hall–Kier alpha value is -0.570. The number of hydrogen-bond donors (Lipinski definition) is 1. The van der Waals surface area contributed by atoms with E-state index >= 15 is 0 Å². The largest absolute Gasteiger partial charge is 0.468 e. The standard InChI is InChI=1S/C9H19NO2/c1-5-8(9(11)12-4)10-6-7(2)3/h7-8,10H,5-6H2,1-4H3. The van der Waals surface area contributed by atoms with Gasteiger partial charge in [0.2, 0.25) is 0 Å². The van der Waals surface area contributed by atoms with Crippen LogP contribution in [0, 0.1) is 5.92 Å². The summed E-state index contributed by atoms with van der Waals surface area (Å²) in [4.78, 5) is 11.1. The van der Waals surface area contributed by atoms with Gasteiger partial charge in [0, 0.05) is 0 Å². The molecule has 0 aliphatic rings. The highest BCUT2D eigenvalue weighted by molar-refractivity contribution is 5.75. The quantitative estimate of drug-likeness (QED) is 0.634. The molecule has 0 amide bonds. The summed E-state index contributed by atoms with van der Waals surface area (Å²) in [5.41, 5.74) is 0. The van der Waals surface area contributed by atoms with Gasteiger partial charge in [0.25, 0.3) is 0 Å². The van der Waals surface area contributed by atoms with Crippen molar-refractivity contribution in [3.05, 3.63) is 0 Å². The number of methoxy groups -OCH3 is 1. The van der Waals surface area contributed by atoms with Gasteiger partial charge in [0.1, 0.15) is 6.04 Å². The third-order valence-electron chi connectivity index (χ3n) is 1.67. The maximum absolute atomic E-state index is 11.1. The van der Waals surface area contributed by atoms with E-state index in [4.69, 9.17) is 0 Å². The van der Waals surface area contributed by atoms with Gasteiger partial charge in [-0.05, 0) is 18.9 Å². The molecule has 72 valence electrons. The molecule has 0 fully saturated rings. The summed E-state index contributed by atoms with van der Waals surface area (Å²) in [7, 11) is 1.42. The van der Waals surface area contributed by atoms with E-state index in [1.165, 1.54) is 7.11 Å². The zero-order valence-electron chi connectivity index (χ0n) is 8.39. The Kier molecular flexibility index (Phi) is 5.72. The van der Waals surface area contributed by atoms with Gasteiger partial charge in [-0.15, -0.1) is 0 Å². The van der Waals surface area contributed by atoms with Gasteiger partial charge in [-0.1, -0.05) is 20.8 Å². The van der Waals surface area contributed by atoms with Crippen molar-refractivity contribution >= 4 is 5.97 Å². The SMILES string of the molecule is CCC(NCC(C)C)C(=O)OC. The van der Waals surface area contributed by atoms with Crippen LogP contribution in [0.1, 0.15) is 27.2 Å². The Morgan fingerprint density at radius 2 is 2.08 bits per heavy atom. The van der Waals surface area contributed by atoms with E-state index in [0.29, 0.717) is 5.92 Å². The lowest BCUT2D eigenvalue weighted by Gasteiger charge is -2.15. The zero-order valence-corrected chi connectivity index (χ0v) is 8.39. The van der Waals surface area contributed by atoms with Crippen LogP contribution < -0.4 is 5.32 Å². The van der Waals surface area contributed by atoms with Gasteiger partial charge in [0.05, 0.1) is 7.11 Å². The van der Waals surface area contributed by atoms with Crippen LogP contribution in [0.25, 0.3) is 0 Å². The molecule has 0 aliphatic carbocycles. The van der Waals surface area contributed by atoms with E-state index in [0.717, 1.165) is 13.0 Å². The second-order valence-electron chi connectivity index (χ2n) is 3.29. The molecular formula is C9H19NO2. The molecule has 0 heterocycles. The topological polar surface area (TPSA) is 38.3 Å². The molecule has 0 aromatic heterocycles. The summed E-state index contributed by atoms with van der Waals surface area (Å²) >= 11 is 0. The Bertz CT molecular complexity index is 134. The Morgan fingerprint density at radius 1 is 1.50 bits per heavy atom. The fourth-order valence-corrected chi connectivity index (χ4v) is 0.915. The first kappa shape index (κ1) is 11.4. The van der Waals surface area contributed by atoms with Crippen molar-refractivity contribution in [2.75, 3.05) is 13.7 Å². The fraction of sp³-hybridized carbons (Fsp3) is 0.889. The van der Waals surface area contributed by atoms with Gasteiger partial charge in [0.15, 0.2) is 0 Å². The Morgan fingerprint density at radius 3 is 2.42 bits per heavy atom. The van der Waals surface area contributed by atoms with Crippen LogP contribution in [-0.4, -0.2) is 25.7 Å². The summed E-state index contributed by atoms with van der Waals surface area (Å²) < 4.78 is 4.63. The molecule has 0 rings (SSSR count). The number of hydrogen-bond acceptors (Lipinski definition) is 3. The van der Waals surface area contributed by atoms with Crippen molar-refractivity contribution in [3.8, 4) is 0 Å². The lowest BCUT2D eigenvalue weighted by atomic mass is 10.2. The van der Waals surface area contributed by atoms with Crippen molar-refractivity contribution in [2.24, 2.45) is 5.92 Å². The molecule has 0 radical (unpaired) electrons. The molecular weight excluding hydrogens is 154 g/mol. The lowest BCUT2D eigenvalue weighted by Crippen LogP contribution is -2.38. The van der Waals surface area contributed by atoms with Gasteiger partial charge in [-0.25, -0.2) is 0 Å². The Balaban J connectivity index is 3.75. The normalized spacial score (nSPS) is 13.1. The average Bonchev–Trinajstić information content (AvgIpc) is 2.04. The van der Waals surface area contributed by atoms with E-state index in [1.54, 1.807) is 0 Å². The first-order valence-corrected chi connectivity index (χ1v) is 4.43. The number of nitrogens with one attached hydrogen (secondary N) is 1. The molecule has 3 nitrogen and oxygen atoms in total. The summed E-state index contributed by atoms with van der Waals surface area (Å²) in [5.74, 6) is 0.391. The summed E-state index contributed by atoms with van der Waals surface area (Å²) in [6, 6.07) is -0.141. The van der Waals surface area contributed by atoms with Crippen LogP contribution in [0.5, 0.6) is 0 Å². The van der Waals surface area contributed by atoms with Crippen LogP contribution in [0.4, 0.5) is 0 Å². The van der Waals surface area contributed by atoms with Crippen LogP contribution in [0.3, 0.4) is 0 Å². The van der Waals surface area contributed by atoms with Crippen molar-refractivity contribution in [1.82, 2.24) is 5.32 Å².